The summed E-state index contributed by atoms with van der Waals surface area (Å²) in [6, 6.07) is 6.71. The van der Waals surface area contributed by atoms with E-state index in [2.05, 4.69) is 15.3 Å². The average Bonchev–Trinajstić information content (AvgIpc) is 2.63. The number of anilines is 2. The second kappa shape index (κ2) is 7.25. The molecule has 7 heteroatoms. The highest BCUT2D eigenvalue weighted by atomic mass is 19.1. The highest BCUT2D eigenvalue weighted by Gasteiger charge is 2.23. The molecule has 1 aromatic carbocycles. The highest BCUT2D eigenvalue weighted by Crippen LogP contribution is 2.20. The number of hydrogen-bond acceptors (Lipinski definition) is 5. The topological polar surface area (TPSA) is 61.4 Å². The lowest BCUT2D eigenvalue weighted by Crippen LogP contribution is -2.49. The largest absolute Gasteiger partial charge is 0.366 e. The van der Waals surface area contributed by atoms with Gasteiger partial charge in [-0.05, 0) is 19.1 Å². The zero-order valence-electron chi connectivity index (χ0n) is 13.6. The Morgan fingerprint density at radius 1 is 1.17 bits per heavy atom. The van der Waals surface area contributed by atoms with Gasteiger partial charge >= 0.3 is 0 Å². The maximum absolute atomic E-state index is 13.9. The third-order valence-corrected chi connectivity index (χ3v) is 3.99. The van der Waals surface area contributed by atoms with Crippen molar-refractivity contribution in [1.82, 2.24) is 14.9 Å². The molecule has 1 N–H and O–H groups in total. The average molecular weight is 329 g/mol. The fraction of sp³-hybridized carbons (Fsp3) is 0.353. The van der Waals surface area contributed by atoms with E-state index < -0.39 is 0 Å². The summed E-state index contributed by atoms with van der Waals surface area (Å²) in [5, 5.41) is 2.99. The maximum Gasteiger partial charge on any atom is 0.257 e. The highest BCUT2D eigenvalue weighted by molar-refractivity contribution is 5.93. The lowest BCUT2D eigenvalue weighted by molar-refractivity contribution is 0.0746. The number of carbonyl (C=O) groups excluding carboxylic acids is 1. The number of nitrogens with one attached hydrogen (secondary N) is 1. The van der Waals surface area contributed by atoms with Crippen LogP contribution in [0, 0.1) is 5.82 Å². The van der Waals surface area contributed by atoms with Crippen LogP contribution in [0.5, 0.6) is 0 Å². The normalized spacial score (nSPS) is 14.6. The molecule has 126 valence electrons. The molecule has 1 aromatic heterocycles. The van der Waals surface area contributed by atoms with Gasteiger partial charge in [-0.3, -0.25) is 4.79 Å². The standard InChI is InChI=1S/C17H20FN5O/c1-2-19-17-20-11-13(12-21-17)16(24)23-9-7-22(8-10-23)15-6-4-3-5-14(15)18/h3-6,11-12H,2,7-10H2,1H3,(H,19,20,21). The summed E-state index contributed by atoms with van der Waals surface area (Å²) in [5.74, 6) is 0.189. The molecule has 0 radical (unpaired) electrons. The number of aromatic nitrogens is 2. The summed E-state index contributed by atoms with van der Waals surface area (Å²) < 4.78 is 13.9. The Kier molecular flexibility index (Phi) is 4.88. The number of amides is 1. The van der Waals surface area contributed by atoms with Gasteiger partial charge in [-0.25, -0.2) is 14.4 Å². The minimum absolute atomic E-state index is 0.0915. The predicted octanol–water partition coefficient (Wildman–Crippen LogP) is 2.01. The van der Waals surface area contributed by atoms with E-state index in [1.54, 1.807) is 17.0 Å². The van der Waals surface area contributed by atoms with Crippen LogP contribution in [0.15, 0.2) is 36.7 Å². The van der Waals surface area contributed by atoms with Crippen molar-refractivity contribution in [3.63, 3.8) is 0 Å². The van der Waals surface area contributed by atoms with Crippen molar-refractivity contribution in [1.29, 1.82) is 0 Å². The molecule has 1 fully saturated rings. The minimum atomic E-state index is -0.232. The molecule has 0 bridgehead atoms. The number of nitrogens with zero attached hydrogens (tertiary/aromatic N) is 4. The summed E-state index contributed by atoms with van der Waals surface area (Å²) in [6.07, 6.45) is 3.08. The van der Waals surface area contributed by atoms with Crippen LogP contribution >= 0.6 is 0 Å². The van der Waals surface area contributed by atoms with Gasteiger partial charge in [-0.1, -0.05) is 12.1 Å². The first kappa shape index (κ1) is 16.2. The van der Waals surface area contributed by atoms with Crippen LogP contribution in [0.4, 0.5) is 16.0 Å². The lowest BCUT2D eigenvalue weighted by Gasteiger charge is -2.36. The van der Waals surface area contributed by atoms with Gasteiger partial charge in [-0.2, -0.15) is 0 Å². The Bertz CT molecular complexity index is 698. The Morgan fingerprint density at radius 2 is 1.83 bits per heavy atom. The monoisotopic (exact) mass is 329 g/mol. The van der Waals surface area contributed by atoms with E-state index in [1.165, 1.54) is 18.5 Å². The van der Waals surface area contributed by atoms with Gasteiger partial charge < -0.3 is 15.1 Å². The van der Waals surface area contributed by atoms with E-state index in [0.717, 1.165) is 6.54 Å². The molecule has 6 nitrogen and oxygen atoms in total. The molecule has 0 aliphatic carbocycles. The molecular formula is C17H20FN5O. The van der Waals surface area contributed by atoms with Crippen molar-refractivity contribution in [2.45, 2.75) is 6.92 Å². The van der Waals surface area contributed by atoms with Crippen molar-refractivity contribution in [3.05, 3.63) is 48.0 Å². The Labute approximate surface area is 140 Å². The van der Waals surface area contributed by atoms with Gasteiger partial charge in [0.15, 0.2) is 0 Å². The molecule has 0 unspecified atom stereocenters. The number of para-hydroxylation sites is 1. The summed E-state index contributed by atoms with van der Waals surface area (Å²) in [4.78, 5) is 24.5. The molecular weight excluding hydrogens is 309 g/mol. The summed E-state index contributed by atoms with van der Waals surface area (Å²) in [5.41, 5.74) is 1.05. The first-order valence-corrected chi connectivity index (χ1v) is 8.03. The molecule has 1 amide bonds. The third kappa shape index (κ3) is 3.45. The van der Waals surface area contributed by atoms with Crippen LogP contribution in [-0.2, 0) is 0 Å². The van der Waals surface area contributed by atoms with E-state index in [9.17, 15) is 9.18 Å². The number of rotatable bonds is 4. The number of halogens is 1. The quantitative estimate of drug-likeness (QED) is 0.930. The minimum Gasteiger partial charge on any atom is -0.366 e. The van der Waals surface area contributed by atoms with Gasteiger partial charge in [0.05, 0.1) is 11.3 Å². The van der Waals surface area contributed by atoms with Crippen LogP contribution in [0.25, 0.3) is 0 Å². The smallest absolute Gasteiger partial charge is 0.257 e. The zero-order chi connectivity index (χ0) is 16.9. The molecule has 2 heterocycles. The molecule has 1 aliphatic rings. The Balaban J connectivity index is 1.62. The SMILES string of the molecule is CCNc1ncc(C(=O)N2CCN(c3ccccc3F)CC2)cn1. The molecule has 0 atom stereocenters. The van der Waals surface area contributed by atoms with Crippen LogP contribution in [0.1, 0.15) is 17.3 Å². The number of piperazine rings is 1. The molecule has 2 aromatic rings. The van der Waals surface area contributed by atoms with Gasteiger partial charge in [0.1, 0.15) is 5.82 Å². The van der Waals surface area contributed by atoms with Crippen LogP contribution < -0.4 is 10.2 Å². The van der Waals surface area contributed by atoms with Crippen molar-refractivity contribution >= 4 is 17.5 Å². The van der Waals surface area contributed by atoms with Crippen LogP contribution in [0.2, 0.25) is 0 Å². The predicted molar refractivity (Wildman–Crippen MR) is 90.7 cm³/mol. The summed E-state index contributed by atoms with van der Waals surface area (Å²) >= 11 is 0. The lowest BCUT2D eigenvalue weighted by atomic mass is 10.2. The van der Waals surface area contributed by atoms with E-state index in [4.69, 9.17) is 0 Å². The van der Waals surface area contributed by atoms with Gasteiger partial charge in [0.2, 0.25) is 5.95 Å². The van der Waals surface area contributed by atoms with Gasteiger partial charge in [0.25, 0.3) is 5.91 Å². The van der Waals surface area contributed by atoms with Crippen molar-refractivity contribution in [2.75, 3.05) is 42.9 Å². The number of hydrogen-bond donors (Lipinski definition) is 1. The van der Waals surface area contributed by atoms with Crippen molar-refractivity contribution in [3.8, 4) is 0 Å². The second-order valence-electron chi connectivity index (χ2n) is 5.56. The van der Waals surface area contributed by atoms with E-state index in [0.29, 0.717) is 43.4 Å². The maximum atomic E-state index is 13.9. The third-order valence-electron chi connectivity index (χ3n) is 3.99. The fourth-order valence-corrected chi connectivity index (χ4v) is 2.73. The fourth-order valence-electron chi connectivity index (χ4n) is 2.73. The van der Waals surface area contributed by atoms with Crippen molar-refractivity contribution in [2.24, 2.45) is 0 Å². The summed E-state index contributed by atoms with van der Waals surface area (Å²) in [6.45, 7) is 4.97. The second-order valence-corrected chi connectivity index (χ2v) is 5.56. The molecule has 1 saturated heterocycles. The van der Waals surface area contributed by atoms with E-state index in [-0.39, 0.29) is 11.7 Å². The molecule has 0 saturated carbocycles. The first-order chi connectivity index (χ1) is 11.7. The van der Waals surface area contributed by atoms with Crippen LogP contribution in [0.3, 0.4) is 0 Å². The number of benzene rings is 1. The van der Waals surface area contributed by atoms with E-state index in [1.807, 2.05) is 17.9 Å². The Morgan fingerprint density at radius 3 is 2.46 bits per heavy atom. The van der Waals surface area contributed by atoms with E-state index >= 15 is 0 Å². The van der Waals surface area contributed by atoms with Crippen molar-refractivity contribution < 1.29 is 9.18 Å². The molecule has 3 rings (SSSR count). The number of carbonyl (C=O) groups is 1. The molecule has 24 heavy (non-hydrogen) atoms. The molecule has 1 aliphatic heterocycles. The summed E-state index contributed by atoms with van der Waals surface area (Å²) in [7, 11) is 0. The first-order valence-electron chi connectivity index (χ1n) is 8.03. The molecule has 0 spiro atoms. The Hall–Kier alpha value is -2.70. The zero-order valence-corrected chi connectivity index (χ0v) is 13.6. The van der Waals surface area contributed by atoms with Gasteiger partial charge in [-0.15, -0.1) is 0 Å². The van der Waals surface area contributed by atoms with Crippen LogP contribution in [-0.4, -0.2) is 53.5 Å². The van der Waals surface area contributed by atoms with Gasteiger partial charge in [0, 0.05) is 45.1 Å².